The SMILES string of the molecule is COCOc1c(OC)c(C)cc2c1[C@@H]1C3[C@@H]4SC[C@H](N)C(=O)OC[C@@H](c5c6c(c(C)c(OC(C)=O)c54)OCO6)N3[C@@H](C#N)[C@H](C2)N1C. The molecule has 0 amide bonds. The van der Waals surface area contributed by atoms with E-state index in [1.807, 2.05) is 20.9 Å². The molecule has 2 N–H and O–H groups in total. The lowest BCUT2D eigenvalue weighted by molar-refractivity contribution is -0.150. The second-order valence-electron chi connectivity index (χ2n) is 12.5. The van der Waals surface area contributed by atoms with Gasteiger partial charge in [-0.2, -0.15) is 5.26 Å². The number of aryl methyl sites for hydroxylation is 1. The smallest absolute Gasteiger partial charge is 0.323 e. The van der Waals surface area contributed by atoms with E-state index in [-0.39, 0.29) is 38.0 Å². The van der Waals surface area contributed by atoms with Crippen LogP contribution < -0.4 is 29.4 Å². The van der Waals surface area contributed by atoms with E-state index in [4.69, 9.17) is 38.9 Å². The molecule has 4 bridgehead atoms. The van der Waals surface area contributed by atoms with E-state index in [0.717, 1.165) is 22.3 Å². The molecule has 7 atom stereocenters. The average Bonchev–Trinajstić information content (AvgIpc) is 3.53. The molecule has 7 rings (SSSR count). The van der Waals surface area contributed by atoms with Crippen LogP contribution in [-0.2, 0) is 25.5 Å². The first-order valence-electron chi connectivity index (χ1n) is 15.5. The molecule has 0 aromatic heterocycles. The zero-order chi connectivity index (χ0) is 33.3. The maximum atomic E-state index is 13.1. The fourth-order valence-electron chi connectivity index (χ4n) is 8.22. The van der Waals surface area contributed by atoms with Crippen molar-refractivity contribution >= 4 is 23.7 Å². The first-order chi connectivity index (χ1) is 22.6. The molecule has 2 aromatic rings. The third-order valence-corrected chi connectivity index (χ3v) is 11.4. The number of carbonyl (C=O) groups is 2. The number of nitrogens with two attached hydrogens (primary N) is 1. The van der Waals surface area contributed by atoms with Crippen LogP contribution in [0.3, 0.4) is 0 Å². The summed E-state index contributed by atoms with van der Waals surface area (Å²) in [4.78, 5) is 30.2. The zero-order valence-electron chi connectivity index (χ0n) is 27.2. The second-order valence-corrected chi connectivity index (χ2v) is 13.7. The molecule has 14 heteroatoms. The largest absolute Gasteiger partial charge is 0.493 e. The number of esters is 2. The van der Waals surface area contributed by atoms with E-state index < -0.39 is 41.4 Å². The summed E-state index contributed by atoms with van der Waals surface area (Å²) in [5.41, 5.74) is 11.3. The van der Waals surface area contributed by atoms with E-state index in [2.05, 4.69) is 21.9 Å². The van der Waals surface area contributed by atoms with Crippen molar-refractivity contribution in [2.75, 3.05) is 47.2 Å². The van der Waals surface area contributed by atoms with Crippen LogP contribution in [-0.4, -0.2) is 93.1 Å². The Balaban J connectivity index is 1.56. The Morgan fingerprint density at radius 1 is 1.13 bits per heavy atom. The van der Waals surface area contributed by atoms with E-state index in [1.165, 1.54) is 18.7 Å². The first kappa shape index (κ1) is 31.8. The van der Waals surface area contributed by atoms with E-state index in [0.29, 0.717) is 46.3 Å². The number of nitrogens with zero attached hydrogens (tertiary/aromatic N) is 3. The van der Waals surface area contributed by atoms with Crippen LogP contribution in [0.1, 0.15) is 57.6 Å². The van der Waals surface area contributed by atoms with Crippen molar-refractivity contribution in [1.82, 2.24) is 9.80 Å². The maximum absolute atomic E-state index is 13.1. The van der Waals surface area contributed by atoms with Crippen molar-refractivity contribution in [3.8, 4) is 34.8 Å². The van der Waals surface area contributed by atoms with Crippen molar-refractivity contribution in [1.29, 1.82) is 5.26 Å². The summed E-state index contributed by atoms with van der Waals surface area (Å²) in [6.45, 7) is 5.08. The minimum atomic E-state index is -0.883. The fourth-order valence-corrected chi connectivity index (χ4v) is 9.66. The van der Waals surface area contributed by atoms with Gasteiger partial charge in [0.15, 0.2) is 29.8 Å². The number of hydrogen-bond acceptors (Lipinski definition) is 14. The molecule has 5 heterocycles. The predicted octanol–water partition coefficient (Wildman–Crippen LogP) is 2.84. The number of piperazine rings is 1. The number of methoxy groups -OCH3 is 2. The van der Waals surface area contributed by atoms with Gasteiger partial charge in [0.2, 0.25) is 6.79 Å². The van der Waals surface area contributed by atoms with Crippen LogP contribution in [0.15, 0.2) is 6.07 Å². The van der Waals surface area contributed by atoms with Crippen LogP contribution in [0.5, 0.6) is 28.7 Å². The lowest BCUT2D eigenvalue weighted by atomic mass is 9.71. The number of cyclic esters (lactones) is 1. The summed E-state index contributed by atoms with van der Waals surface area (Å²) < 4.78 is 41.6. The van der Waals surface area contributed by atoms with Crippen LogP contribution in [0, 0.1) is 25.2 Å². The Hall–Kier alpha value is -3.74. The van der Waals surface area contributed by atoms with Crippen LogP contribution >= 0.6 is 11.8 Å². The molecule has 250 valence electrons. The number of fused-ring (bicyclic) bond motifs is 9. The average molecular weight is 667 g/mol. The van der Waals surface area contributed by atoms with E-state index >= 15 is 0 Å². The van der Waals surface area contributed by atoms with Gasteiger partial charge in [-0.25, -0.2) is 0 Å². The van der Waals surface area contributed by atoms with Gasteiger partial charge in [0.05, 0.1) is 30.5 Å². The molecular weight excluding hydrogens is 628 g/mol. The van der Waals surface area contributed by atoms with Gasteiger partial charge in [0, 0.05) is 54.1 Å². The van der Waals surface area contributed by atoms with Crippen molar-refractivity contribution in [3.63, 3.8) is 0 Å². The molecule has 1 unspecified atom stereocenters. The van der Waals surface area contributed by atoms with Crippen molar-refractivity contribution in [2.24, 2.45) is 5.73 Å². The monoisotopic (exact) mass is 666 g/mol. The maximum Gasteiger partial charge on any atom is 0.323 e. The molecule has 2 aromatic carbocycles. The molecule has 5 aliphatic heterocycles. The fraction of sp³-hybridized carbons (Fsp3) is 0.545. The molecule has 0 saturated carbocycles. The molecule has 0 spiro atoms. The Labute approximate surface area is 277 Å². The summed E-state index contributed by atoms with van der Waals surface area (Å²) in [5.74, 6) is 1.76. The van der Waals surface area contributed by atoms with Gasteiger partial charge >= 0.3 is 11.9 Å². The lowest BCUT2D eigenvalue weighted by Gasteiger charge is -2.61. The van der Waals surface area contributed by atoms with Gasteiger partial charge in [-0.05, 0) is 38.4 Å². The summed E-state index contributed by atoms with van der Waals surface area (Å²) in [6.07, 6.45) is 0.574. The van der Waals surface area contributed by atoms with Gasteiger partial charge in [-0.15, -0.1) is 11.8 Å². The number of carbonyl (C=O) groups excluding carboxylic acids is 2. The summed E-state index contributed by atoms with van der Waals surface area (Å²) in [7, 11) is 5.22. The predicted molar refractivity (Wildman–Crippen MR) is 169 cm³/mol. The quantitative estimate of drug-likeness (QED) is 0.282. The van der Waals surface area contributed by atoms with Crippen LogP contribution in [0.25, 0.3) is 0 Å². The van der Waals surface area contributed by atoms with Crippen molar-refractivity contribution in [2.45, 2.75) is 68.7 Å². The van der Waals surface area contributed by atoms with Gasteiger partial charge in [-0.3, -0.25) is 19.4 Å². The molecular formula is C33H38N4O9S. The van der Waals surface area contributed by atoms with Gasteiger partial charge in [0.1, 0.15) is 24.4 Å². The van der Waals surface area contributed by atoms with E-state index in [1.54, 1.807) is 14.2 Å². The number of thioether (sulfide) groups is 1. The van der Waals surface area contributed by atoms with Crippen molar-refractivity contribution < 1.29 is 42.7 Å². The Morgan fingerprint density at radius 3 is 2.60 bits per heavy atom. The second kappa shape index (κ2) is 12.1. The molecule has 0 aliphatic carbocycles. The van der Waals surface area contributed by atoms with Crippen LogP contribution in [0.4, 0.5) is 0 Å². The molecule has 2 fully saturated rings. The van der Waals surface area contributed by atoms with Gasteiger partial charge in [0.25, 0.3) is 0 Å². The summed E-state index contributed by atoms with van der Waals surface area (Å²) in [6, 6.07) is 1.67. The van der Waals surface area contributed by atoms with Gasteiger partial charge in [-0.1, -0.05) is 6.07 Å². The molecule has 0 radical (unpaired) electrons. The molecule has 5 aliphatic rings. The third kappa shape index (κ3) is 4.74. The minimum absolute atomic E-state index is 0.00896. The van der Waals surface area contributed by atoms with Gasteiger partial charge < -0.3 is 38.9 Å². The molecule has 13 nitrogen and oxygen atoms in total. The Bertz CT molecular complexity index is 1700. The van der Waals surface area contributed by atoms with E-state index in [9.17, 15) is 14.9 Å². The number of hydrogen-bond donors (Lipinski definition) is 1. The number of likely N-dealkylation sites (N-methyl/N-ethyl adjacent to an activating group) is 1. The number of rotatable bonds is 5. The Kier molecular flexibility index (Phi) is 8.16. The highest BCUT2D eigenvalue weighted by Gasteiger charge is 2.60. The van der Waals surface area contributed by atoms with Crippen molar-refractivity contribution in [3.05, 3.63) is 39.4 Å². The molecule has 2 saturated heterocycles. The first-order valence-corrected chi connectivity index (χ1v) is 16.6. The summed E-state index contributed by atoms with van der Waals surface area (Å²) in [5, 5.41) is 10.5. The topological polar surface area (TPSA) is 155 Å². The highest BCUT2D eigenvalue weighted by molar-refractivity contribution is 7.99. The minimum Gasteiger partial charge on any atom is -0.493 e. The normalized spacial score (nSPS) is 29.1. The third-order valence-electron chi connectivity index (χ3n) is 9.99. The highest BCUT2D eigenvalue weighted by atomic mass is 32.2. The van der Waals surface area contributed by atoms with Crippen LogP contribution in [0.2, 0.25) is 0 Å². The highest BCUT2D eigenvalue weighted by Crippen LogP contribution is 2.64. The lowest BCUT2D eigenvalue weighted by Crippen LogP contribution is -2.69. The number of benzene rings is 2. The number of nitriles is 1. The Morgan fingerprint density at radius 2 is 1.89 bits per heavy atom. The zero-order valence-corrected chi connectivity index (χ0v) is 28.0. The number of ether oxygens (including phenoxy) is 7. The summed E-state index contributed by atoms with van der Waals surface area (Å²) >= 11 is 1.48. The standard InChI is InChI=1S/C33H38N4O9S/c1-14-7-17-8-19-20(9-34)37-21-10-42-33(39)18(35)11-47-32(24-23(21)31-29(44-13-45-31)15(2)28(24)46-16(3)38)26(37)25(36(19)4)22(17)30(27(14)41-6)43-12-40-5/h7,18-21,25-26,32H,8,10-13,35H2,1-6H3/t18-,19-,20-,21-,25+,26?,32+/m0/s1. The molecule has 47 heavy (non-hydrogen) atoms.